The zero-order valence-electron chi connectivity index (χ0n) is 17.2. The normalized spacial score (nSPS) is 17.7. The molecule has 2 aromatic rings. The first kappa shape index (κ1) is 21.6. The quantitative estimate of drug-likeness (QED) is 0.625. The molecule has 2 heterocycles. The summed E-state index contributed by atoms with van der Waals surface area (Å²) in [7, 11) is -3.64. The van der Waals surface area contributed by atoms with Crippen molar-refractivity contribution in [1.29, 1.82) is 0 Å². The van der Waals surface area contributed by atoms with Gasteiger partial charge in [0.05, 0.1) is 17.9 Å². The minimum absolute atomic E-state index is 0.00151. The number of anilines is 1. The first-order valence-corrected chi connectivity index (χ1v) is 11.4. The van der Waals surface area contributed by atoms with Crippen molar-refractivity contribution in [2.45, 2.75) is 24.3 Å². The van der Waals surface area contributed by atoms with E-state index >= 15 is 0 Å². The maximum Gasteiger partial charge on any atom is 0.308 e. The van der Waals surface area contributed by atoms with Gasteiger partial charge in [0.15, 0.2) is 17.6 Å². The average Bonchev–Trinajstić information content (AvgIpc) is 3.04. The lowest BCUT2D eigenvalue weighted by Gasteiger charge is -2.19. The second-order valence-electron chi connectivity index (χ2n) is 7.06. The highest BCUT2D eigenvalue weighted by molar-refractivity contribution is 7.90. The van der Waals surface area contributed by atoms with Crippen molar-refractivity contribution in [3.05, 3.63) is 48.0 Å². The Morgan fingerprint density at radius 3 is 2.72 bits per heavy atom. The summed E-state index contributed by atoms with van der Waals surface area (Å²) in [5.41, 5.74) is 0.939. The van der Waals surface area contributed by atoms with E-state index in [0.717, 1.165) is 0 Å². The summed E-state index contributed by atoms with van der Waals surface area (Å²) in [5, 5.41) is 2.66. The molecule has 2 aliphatic heterocycles. The molecule has 168 valence electrons. The van der Waals surface area contributed by atoms with E-state index in [1.807, 2.05) is 0 Å². The van der Waals surface area contributed by atoms with Crippen LogP contribution in [0, 0.1) is 0 Å². The van der Waals surface area contributed by atoms with Crippen molar-refractivity contribution in [3.63, 3.8) is 0 Å². The highest BCUT2D eigenvalue weighted by Crippen LogP contribution is 2.32. The maximum atomic E-state index is 12.3. The molecule has 0 radical (unpaired) electrons. The highest BCUT2D eigenvalue weighted by Gasteiger charge is 2.30. The molecule has 0 aromatic heterocycles. The molecule has 0 unspecified atom stereocenters. The number of fused-ring (bicyclic) bond motifs is 2. The predicted octanol–water partition coefficient (Wildman–Crippen LogP) is 1.46. The molecule has 2 aromatic carbocycles. The average molecular weight is 459 g/mol. The topological polar surface area (TPSA) is 132 Å². The molecule has 2 N–H and O–H groups in total. The van der Waals surface area contributed by atoms with Gasteiger partial charge in [-0.3, -0.25) is 19.3 Å². The van der Waals surface area contributed by atoms with Crippen LogP contribution in [0.1, 0.15) is 18.9 Å². The van der Waals surface area contributed by atoms with Gasteiger partial charge in [-0.2, -0.15) is 0 Å². The van der Waals surface area contributed by atoms with Crippen LogP contribution in [-0.4, -0.2) is 52.0 Å². The summed E-state index contributed by atoms with van der Waals surface area (Å²) in [6.07, 6.45) is -1.15. The largest absolute Gasteiger partial charge is 0.486 e. The van der Waals surface area contributed by atoms with Gasteiger partial charge in [0.1, 0.15) is 19.0 Å². The summed E-state index contributed by atoms with van der Waals surface area (Å²) >= 11 is 0. The number of esters is 1. The van der Waals surface area contributed by atoms with E-state index in [-0.39, 0.29) is 23.7 Å². The lowest BCUT2D eigenvalue weighted by molar-refractivity contribution is -0.152. The van der Waals surface area contributed by atoms with Crippen LogP contribution in [0.15, 0.2) is 52.4 Å². The first-order valence-electron chi connectivity index (χ1n) is 9.90. The van der Waals surface area contributed by atoms with Crippen molar-refractivity contribution in [2.24, 2.45) is 4.99 Å². The Hall–Kier alpha value is -3.60. The Labute approximate surface area is 184 Å². The second-order valence-corrected chi connectivity index (χ2v) is 8.71. The number of aliphatic imine (C=N–C) groups is 1. The van der Waals surface area contributed by atoms with Gasteiger partial charge >= 0.3 is 5.97 Å². The highest BCUT2D eigenvalue weighted by atomic mass is 32.2. The number of benzene rings is 2. The van der Waals surface area contributed by atoms with E-state index in [0.29, 0.717) is 36.0 Å². The summed E-state index contributed by atoms with van der Waals surface area (Å²) in [5.74, 6) is 0.175. The van der Waals surface area contributed by atoms with Crippen molar-refractivity contribution in [1.82, 2.24) is 4.72 Å². The molecule has 11 heteroatoms. The Balaban J connectivity index is 1.29. The SMILES string of the molecule is C[C@@H](OC(=O)CCN=C1NS(=O)(=O)c2ccccc21)C(=O)Nc1ccc2c(c1)OCCO2. The fourth-order valence-electron chi connectivity index (χ4n) is 3.18. The van der Waals surface area contributed by atoms with Crippen LogP contribution in [-0.2, 0) is 24.3 Å². The molecule has 4 rings (SSSR count). The van der Waals surface area contributed by atoms with Crippen LogP contribution in [0.2, 0.25) is 0 Å². The number of nitrogens with one attached hydrogen (secondary N) is 2. The molecule has 0 saturated heterocycles. The zero-order valence-corrected chi connectivity index (χ0v) is 18.0. The van der Waals surface area contributed by atoms with Gasteiger partial charge in [0, 0.05) is 17.3 Å². The van der Waals surface area contributed by atoms with E-state index in [1.54, 1.807) is 36.4 Å². The van der Waals surface area contributed by atoms with Gasteiger partial charge in [0.2, 0.25) is 0 Å². The second kappa shape index (κ2) is 8.87. The first-order chi connectivity index (χ1) is 15.3. The van der Waals surface area contributed by atoms with Crippen LogP contribution < -0.4 is 19.5 Å². The third kappa shape index (κ3) is 4.67. The molecule has 0 fully saturated rings. The molecule has 0 bridgehead atoms. The summed E-state index contributed by atoms with van der Waals surface area (Å²) in [6, 6.07) is 11.4. The van der Waals surface area contributed by atoms with Crippen molar-refractivity contribution >= 4 is 33.4 Å². The zero-order chi connectivity index (χ0) is 22.7. The van der Waals surface area contributed by atoms with Gasteiger partial charge in [-0.05, 0) is 31.2 Å². The number of carbonyl (C=O) groups excluding carboxylic acids is 2. The Bertz CT molecular complexity index is 1190. The van der Waals surface area contributed by atoms with E-state index in [9.17, 15) is 18.0 Å². The van der Waals surface area contributed by atoms with E-state index < -0.39 is 28.0 Å². The fourth-order valence-corrected chi connectivity index (χ4v) is 4.44. The smallest absolute Gasteiger partial charge is 0.308 e. The number of carbonyl (C=O) groups is 2. The molecular weight excluding hydrogens is 438 g/mol. The van der Waals surface area contributed by atoms with Crippen LogP contribution >= 0.6 is 0 Å². The number of amides is 1. The Kier molecular flexibility index (Phi) is 5.99. The van der Waals surface area contributed by atoms with E-state index in [4.69, 9.17) is 14.2 Å². The van der Waals surface area contributed by atoms with Gasteiger partial charge in [-0.15, -0.1) is 0 Å². The molecule has 10 nitrogen and oxygen atoms in total. The molecule has 0 saturated carbocycles. The van der Waals surface area contributed by atoms with Crippen molar-refractivity contribution in [2.75, 3.05) is 25.1 Å². The number of ether oxygens (including phenoxy) is 3. The number of rotatable bonds is 6. The minimum atomic E-state index is -3.64. The number of hydrogen-bond acceptors (Lipinski definition) is 8. The minimum Gasteiger partial charge on any atom is -0.486 e. The molecular formula is C21H21N3O7S. The summed E-state index contributed by atoms with van der Waals surface area (Å²) < 4.78 is 42.6. The predicted molar refractivity (Wildman–Crippen MR) is 114 cm³/mol. The fraction of sp³-hybridized carbons (Fsp3) is 0.286. The van der Waals surface area contributed by atoms with Gasteiger partial charge in [-0.25, -0.2) is 8.42 Å². The van der Waals surface area contributed by atoms with Gasteiger partial charge in [-0.1, -0.05) is 12.1 Å². The van der Waals surface area contributed by atoms with Crippen molar-refractivity contribution < 1.29 is 32.2 Å². The number of sulfonamides is 1. The van der Waals surface area contributed by atoms with Crippen LogP contribution in [0.25, 0.3) is 0 Å². The molecule has 32 heavy (non-hydrogen) atoms. The standard InChI is InChI=1S/C21H21N3O7S/c1-13(21(26)23-14-6-7-16-17(12-14)30-11-10-29-16)31-19(25)8-9-22-20-15-4-2-3-5-18(15)32(27,28)24-20/h2-7,12-13H,8-11H2,1H3,(H,22,24)(H,23,26)/t13-/m1/s1. The number of hydrogen-bond donors (Lipinski definition) is 2. The summed E-state index contributed by atoms with van der Waals surface area (Å²) in [4.78, 5) is 28.7. The number of nitrogens with zero attached hydrogens (tertiary/aromatic N) is 1. The van der Waals surface area contributed by atoms with Crippen LogP contribution in [0.4, 0.5) is 5.69 Å². The molecule has 1 amide bonds. The van der Waals surface area contributed by atoms with E-state index in [1.165, 1.54) is 13.0 Å². The van der Waals surface area contributed by atoms with Crippen LogP contribution in [0.3, 0.4) is 0 Å². The Morgan fingerprint density at radius 1 is 1.16 bits per heavy atom. The lowest BCUT2D eigenvalue weighted by atomic mass is 10.2. The molecule has 0 aliphatic carbocycles. The van der Waals surface area contributed by atoms with E-state index in [2.05, 4.69) is 15.0 Å². The van der Waals surface area contributed by atoms with Gasteiger partial charge < -0.3 is 19.5 Å². The van der Waals surface area contributed by atoms with Gasteiger partial charge in [0.25, 0.3) is 15.9 Å². The summed E-state index contributed by atoms with van der Waals surface area (Å²) in [6.45, 7) is 2.35. The molecule has 2 aliphatic rings. The van der Waals surface area contributed by atoms with Crippen LogP contribution in [0.5, 0.6) is 11.5 Å². The lowest BCUT2D eigenvalue weighted by Crippen LogP contribution is -2.30. The Morgan fingerprint density at radius 2 is 1.91 bits per heavy atom. The number of amidine groups is 1. The van der Waals surface area contributed by atoms with Crippen molar-refractivity contribution in [3.8, 4) is 11.5 Å². The third-order valence-electron chi connectivity index (χ3n) is 4.74. The molecule has 1 atom stereocenters. The maximum absolute atomic E-state index is 12.3. The molecule has 0 spiro atoms. The third-order valence-corrected chi connectivity index (χ3v) is 6.13. The monoisotopic (exact) mass is 459 g/mol.